The highest BCUT2D eigenvalue weighted by molar-refractivity contribution is 6.36. The molecule has 1 aliphatic rings. The molecule has 0 aliphatic carbocycles. The van der Waals surface area contributed by atoms with Crippen LogP contribution in [-0.2, 0) is 0 Å². The zero-order valence-corrected chi connectivity index (χ0v) is 17.4. The minimum Gasteiger partial charge on any atom is -0.486 e. The summed E-state index contributed by atoms with van der Waals surface area (Å²) in [7, 11) is 0. The average molecular weight is 449 g/mol. The summed E-state index contributed by atoms with van der Waals surface area (Å²) >= 11 is 12.2. The van der Waals surface area contributed by atoms with E-state index >= 15 is 0 Å². The van der Waals surface area contributed by atoms with Crippen LogP contribution in [0.1, 0.15) is 27.8 Å². The van der Waals surface area contributed by atoms with E-state index in [-0.39, 0.29) is 12.2 Å². The summed E-state index contributed by atoms with van der Waals surface area (Å²) in [6, 6.07) is 10.3. The van der Waals surface area contributed by atoms with Crippen LogP contribution < -0.4 is 14.8 Å². The molecule has 3 aromatic rings. The van der Waals surface area contributed by atoms with E-state index in [4.69, 9.17) is 32.7 Å². The Bertz CT molecular complexity index is 1080. The van der Waals surface area contributed by atoms with Gasteiger partial charge >= 0.3 is 0 Å². The molecule has 156 valence electrons. The minimum absolute atomic E-state index is 0.0847. The Balaban J connectivity index is 1.49. The highest BCUT2D eigenvalue weighted by Gasteiger charge is 2.21. The van der Waals surface area contributed by atoms with Crippen molar-refractivity contribution in [1.29, 1.82) is 0 Å². The molecule has 0 saturated heterocycles. The van der Waals surface area contributed by atoms with Crippen LogP contribution in [0.4, 0.5) is 0 Å². The highest BCUT2D eigenvalue weighted by Crippen LogP contribution is 2.32. The zero-order valence-electron chi connectivity index (χ0n) is 15.9. The number of carbonyl (C=O) groups excluding carboxylic acids is 1. The number of aliphatic hydroxyl groups is 1. The molecule has 4 rings (SSSR count). The van der Waals surface area contributed by atoms with E-state index in [0.717, 1.165) is 0 Å². The molecule has 2 N–H and O–H groups in total. The molecule has 0 spiro atoms. The number of hydrogen-bond acceptors (Lipinski definition) is 6. The van der Waals surface area contributed by atoms with Crippen molar-refractivity contribution in [3.8, 4) is 17.2 Å². The van der Waals surface area contributed by atoms with Gasteiger partial charge in [0.1, 0.15) is 13.2 Å². The van der Waals surface area contributed by atoms with Crippen LogP contribution in [0, 0.1) is 6.92 Å². The Hall–Kier alpha value is -2.81. The molecular formula is C20H18Cl2N4O4. The van der Waals surface area contributed by atoms with Gasteiger partial charge in [-0.25, -0.2) is 4.68 Å². The highest BCUT2D eigenvalue weighted by atomic mass is 35.5. The third kappa shape index (κ3) is 3.94. The number of hydrogen-bond donors (Lipinski definition) is 2. The fraction of sp³-hybridized carbons (Fsp3) is 0.250. The average Bonchev–Trinajstić information content (AvgIpc) is 3.13. The lowest BCUT2D eigenvalue weighted by atomic mass is 10.1. The SMILES string of the molecule is Cc1c(C(=O)NC[C@H](O)c2c(Cl)cccc2Cl)nnn1-c1ccc2c(c1)OCCO2. The number of carbonyl (C=O) groups is 1. The number of nitrogens with zero attached hydrogens (tertiary/aromatic N) is 3. The molecule has 2 aromatic carbocycles. The summed E-state index contributed by atoms with van der Waals surface area (Å²) in [5.74, 6) is 0.797. The van der Waals surface area contributed by atoms with Gasteiger partial charge in [-0.15, -0.1) is 5.10 Å². The van der Waals surface area contributed by atoms with Gasteiger partial charge < -0.3 is 19.9 Å². The van der Waals surface area contributed by atoms with Crippen molar-refractivity contribution in [2.24, 2.45) is 0 Å². The number of nitrogens with one attached hydrogen (secondary N) is 1. The van der Waals surface area contributed by atoms with Crippen molar-refractivity contribution < 1.29 is 19.4 Å². The Morgan fingerprint density at radius 3 is 2.63 bits per heavy atom. The number of amides is 1. The quantitative estimate of drug-likeness (QED) is 0.621. The second-order valence-electron chi connectivity index (χ2n) is 6.62. The van der Waals surface area contributed by atoms with Crippen molar-refractivity contribution in [2.45, 2.75) is 13.0 Å². The summed E-state index contributed by atoms with van der Waals surface area (Å²) in [5.41, 5.74) is 1.72. The number of halogens is 2. The number of aromatic nitrogens is 3. The molecule has 30 heavy (non-hydrogen) atoms. The number of rotatable bonds is 5. The summed E-state index contributed by atoms with van der Waals surface area (Å²) < 4.78 is 12.6. The molecule has 1 amide bonds. The van der Waals surface area contributed by atoms with Crippen LogP contribution in [0.25, 0.3) is 5.69 Å². The zero-order chi connectivity index (χ0) is 21.3. The standard InChI is InChI=1S/C20H18Cl2N4O4/c1-11-19(20(28)23-10-15(27)18-13(21)3-2-4-14(18)22)24-25-26(11)12-5-6-16-17(9-12)30-8-7-29-16/h2-6,9,15,27H,7-8,10H2,1H3,(H,23,28)/t15-/m0/s1. The van der Waals surface area contributed by atoms with Crippen molar-refractivity contribution in [1.82, 2.24) is 20.3 Å². The monoisotopic (exact) mass is 448 g/mol. The Morgan fingerprint density at radius 2 is 1.90 bits per heavy atom. The first-order valence-corrected chi connectivity index (χ1v) is 9.94. The van der Waals surface area contributed by atoms with Crippen LogP contribution >= 0.6 is 23.2 Å². The largest absolute Gasteiger partial charge is 0.486 e. The smallest absolute Gasteiger partial charge is 0.273 e. The summed E-state index contributed by atoms with van der Waals surface area (Å²) in [4.78, 5) is 12.6. The molecular weight excluding hydrogens is 431 g/mol. The molecule has 1 aromatic heterocycles. The second kappa shape index (κ2) is 8.51. The lowest BCUT2D eigenvalue weighted by Crippen LogP contribution is -2.29. The van der Waals surface area contributed by atoms with E-state index in [9.17, 15) is 9.90 Å². The van der Waals surface area contributed by atoms with Gasteiger partial charge in [0.2, 0.25) is 0 Å². The van der Waals surface area contributed by atoms with E-state index in [0.29, 0.717) is 51.7 Å². The predicted molar refractivity (Wildman–Crippen MR) is 111 cm³/mol. The summed E-state index contributed by atoms with van der Waals surface area (Å²) in [6.45, 7) is 2.62. The normalized spacial score (nSPS) is 13.7. The fourth-order valence-corrected chi connectivity index (χ4v) is 3.80. The number of ether oxygens (including phenoxy) is 2. The minimum atomic E-state index is -1.07. The van der Waals surface area contributed by atoms with Gasteiger partial charge in [-0.3, -0.25) is 4.79 Å². The van der Waals surface area contributed by atoms with Crippen LogP contribution in [0.15, 0.2) is 36.4 Å². The van der Waals surface area contributed by atoms with Gasteiger partial charge in [-0.2, -0.15) is 0 Å². The number of aliphatic hydroxyl groups excluding tert-OH is 1. The van der Waals surface area contributed by atoms with Gasteiger partial charge in [0.15, 0.2) is 17.2 Å². The van der Waals surface area contributed by atoms with E-state index in [1.54, 1.807) is 43.3 Å². The van der Waals surface area contributed by atoms with Crippen molar-refractivity contribution in [3.63, 3.8) is 0 Å². The molecule has 1 aliphatic heterocycles. The van der Waals surface area contributed by atoms with Gasteiger partial charge in [0, 0.05) is 28.2 Å². The van der Waals surface area contributed by atoms with Gasteiger partial charge in [0.05, 0.1) is 17.5 Å². The van der Waals surface area contributed by atoms with Crippen LogP contribution in [-0.4, -0.2) is 45.8 Å². The number of benzene rings is 2. The summed E-state index contributed by atoms with van der Waals surface area (Å²) in [5, 5.41) is 21.7. The fourth-order valence-electron chi connectivity index (χ4n) is 3.15. The lowest BCUT2D eigenvalue weighted by molar-refractivity contribution is 0.0910. The van der Waals surface area contributed by atoms with Crippen molar-refractivity contribution in [2.75, 3.05) is 19.8 Å². The topological polar surface area (TPSA) is 98.5 Å². The van der Waals surface area contributed by atoms with Crippen LogP contribution in [0.5, 0.6) is 11.5 Å². The first kappa shape index (κ1) is 20.5. The Labute approximate surface area is 182 Å². The summed E-state index contributed by atoms with van der Waals surface area (Å²) in [6.07, 6.45) is -1.07. The van der Waals surface area contributed by atoms with E-state index in [1.807, 2.05) is 0 Å². The first-order chi connectivity index (χ1) is 14.5. The maximum absolute atomic E-state index is 12.6. The van der Waals surface area contributed by atoms with Crippen molar-refractivity contribution in [3.05, 3.63) is 63.4 Å². The van der Waals surface area contributed by atoms with Gasteiger partial charge in [-0.1, -0.05) is 34.5 Å². The van der Waals surface area contributed by atoms with Gasteiger partial charge in [0.25, 0.3) is 5.91 Å². The van der Waals surface area contributed by atoms with Crippen molar-refractivity contribution >= 4 is 29.1 Å². The Morgan fingerprint density at radius 1 is 1.20 bits per heavy atom. The Kier molecular flexibility index (Phi) is 5.80. The molecule has 0 bridgehead atoms. The number of fused-ring (bicyclic) bond motifs is 1. The molecule has 1 atom stereocenters. The molecule has 8 nitrogen and oxygen atoms in total. The lowest BCUT2D eigenvalue weighted by Gasteiger charge is -2.18. The third-order valence-electron chi connectivity index (χ3n) is 4.67. The predicted octanol–water partition coefficient (Wildman–Crippen LogP) is 3.12. The first-order valence-electron chi connectivity index (χ1n) is 9.18. The van der Waals surface area contributed by atoms with Crippen LogP contribution in [0.2, 0.25) is 10.0 Å². The molecule has 10 heteroatoms. The molecule has 0 saturated carbocycles. The molecule has 0 radical (unpaired) electrons. The van der Waals surface area contributed by atoms with E-state index < -0.39 is 12.0 Å². The molecule has 0 unspecified atom stereocenters. The molecule has 0 fully saturated rings. The third-order valence-corrected chi connectivity index (χ3v) is 5.33. The second-order valence-corrected chi connectivity index (χ2v) is 7.44. The van der Waals surface area contributed by atoms with Gasteiger partial charge in [-0.05, 0) is 31.2 Å². The molecule has 2 heterocycles. The maximum atomic E-state index is 12.6. The maximum Gasteiger partial charge on any atom is 0.273 e. The van der Waals surface area contributed by atoms with Crippen LogP contribution in [0.3, 0.4) is 0 Å². The van der Waals surface area contributed by atoms with E-state index in [2.05, 4.69) is 15.6 Å². The van der Waals surface area contributed by atoms with E-state index in [1.165, 1.54) is 4.68 Å².